The van der Waals surface area contributed by atoms with Crippen LogP contribution in [0.4, 0.5) is 14.5 Å². The molecule has 0 fully saturated rings. The summed E-state index contributed by atoms with van der Waals surface area (Å²) in [6.07, 6.45) is 1.27. The molecule has 0 unspecified atom stereocenters. The third-order valence-corrected chi connectivity index (χ3v) is 2.14. The van der Waals surface area contributed by atoms with Crippen LogP contribution >= 0.6 is 0 Å². The highest BCUT2D eigenvalue weighted by molar-refractivity contribution is 6.06. The van der Waals surface area contributed by atoms with Crippen molar-refractivity contribution in [3.05, 3.63) is 53.8 Å². The van der Waals surface area contributed by atoms with Gasteiger partial charge in [0, 0.05) is 18.2 Å². The minimum atomic E-state index is -1.13. The standard InChI is InChI=1S/C13H10F2N2O2/c1-2-3-12(18)9(7-16)13(19)17-8-4-5-10(14)11(15)6-8/h2,4-6,18H,1,3H2,(H,17,19). The van der Waals surface area contributed by atoms with Crippen molar-refractivity contribution in [3.63, 3.8) is 0 Å². The minimum absolute atomic E-state index is 0.0250. The van der Waals surface area contributed by atoms with Crippen LogP contribution in [0.3, 0.4) is 0 Å². The van der Waals surface area contributed by atoms with Crippen molar-refractivity contribution in [2.45, 2.75) is 6.42 Å². The molecule has 19 heavy (non-hydrogen) atoms. The van der Waals surface area contributed by atoms with Crippen LogP contribution in [0.1, 0.15) is 6.42 Å². The van der Waals surface area contributed by atoms with Gasteiger partial charge in [-0.25, -0.2) is 8.78 Å². The fourth-order valence-corrected chi connectivity index (χ4v) is 1.25. The molecular weight excluding hydrogens is 254 g/mol. The molecular formula is C13H10F2N2O2. The molecule has 0 radical (unpaired) electrons. The maximum absolute atomic E-state index is 12.9. The number of hydrogen-bond donors (Lipinski definition) is 2. The Morgan fingerprint density at radius 3 is 2.68 bits per heavy atom. The minimum Gasteiger partial charge on any atom is -0.510 e. The van der Waals surface area contributed by atoms with E-state index < -0.39 is 28.9 Å². The van der Waals surface area contributed by atoms with Gasteiger partial charge in [0.2, 0.25) is 0 Å². The van der Waals surface area contributed by atoms with Crippen LogP contribution in [0.15, 0.2) is 42.2 Å². The summed E-state index contributed by atoms with van der Waals surface area (Å²) >= 11 is 0. The Hall–Kier alpha value is -2.68. The smallest absolute Gasteiger partial charge is 0.269 e. The summed E-state index contributed by atoms with van der Waals surface area (Å²) in [5.41, 5.74) is -0.535. The Balaban J connectivity index is 2.95. The monoisotopic (exact) mass is 264 g/mol. The van der Waals surface area contributed by atoms with E-state index in [0.717, 1.165) is 18.2 Å². The normalized spacial score (nSPS) is 11.2. The molecule has 0 aliphatic heterocycles. The number of halogens is 2. The third-order valence-electron chi connectivity index (χ3n) is 2.14. The number of aliphatic hydroxyl groups is 1. The molecule has 0 spiro atoms. The predicted molar refractivity (Wildman–Crippen MR) is 65.1 cm³/mol. The molecule has 0 saturated heterocycles. The largest absolute Gasteiger partial charge is 0.510 e. The number of anilines is 1. The van der Waals surface area contributed by atoms with Crippen molar-refractivity contribution in [1.29, 1.82) is 5.26 Å². The summed E-state index contributed by atoms with van der Waals surface area (Å²) in [6, 6.07) is 4.28. The van der Waals surface area contributed by atoms with Crippen molar-refractivity contribution in [2.75, 3.05) is 5.32 Å². The van der Waals surface area contributed by atoms with Crippen molar-refractivity contribution < 1.29 is 18.7 Å². The lowest BCUT2D eigenvalue weighted by atomic mass is 10.2. The Labute approximate surface area is 108 Å². The fourth-order valence-electron chi connectivity index (χ4n) is 1.25. The lowest BCUT2D eigenvalue weighted by molar-refractivity contribution is -0.112. The van der Waals surface area contributed by atoms with E-state index >= 15 is 0 Å². The molecule has 0 aromatic heterocycles. The van der Waals surface area contributed by atoms with Crippen LogP contribution in [0.2, 0.25) is 0 Å². The first-order valence-electron chi connectivity index (χ1n) is 5.19. The van der Waals surface area contributed by atoms with Gasteiger partial charge in [-0.1, -0.05) is 6.08 Å². The summed E-state index contributed by atoms with van der Waals surface area (Å²) in [5.74, 6) is -3.54. The van der Waals surface area contributed by atoms with Gasteiger partial charge in [-0.15, -0.1) is 6.58 Å². The fraction of sp³-hybridized carbons (Fsp3) is 0.0769. The lowest BCUT2D eigenvalue weighted by Crippen LogP contribution is -2.15. The molecule has 1 amide bonds. The van der Waals surface area contributed by atoms with Crippen LogP contribution in [-0.4, -0.2) is 11.0 Å². The van der Waals surface area contributed by atoms with E-state index in [1.807, 2.05) is 0 Å². The summed E-state index contributed by atoms with van der Waals surface area (Å²) in [4.78, 5) is 11.7. The molecule has 0 aliphatic rings. The molecule has 1 aromatic carbocycles. The topological polar surface area (TPSA) is 73.1 Å². The van der Waals surface area contributed by atoms with E-state index in [-0.39, 0.29) is 12.1 Å². The Bertz CT molecular complexity index is 589. The Morgan fingerprint density at radius 2 is 2.16 bits per heavy atom. The molecule has 1 rings (SSSR count). The Kier molecular flexibility index (Phi) is 4.77. The van der Waals surface area contributed by atoms with Crippen LogP contribution in [-0.2, 0) is 4.79 Å². The van der Waals surface area contributed by atoms with Crippen molar-refractivity contribution in [3.8, 4) is 6.07 Å². The lowest BCUT2D eigenvalue weighted by Gasteiger charge is -2.05. The van der Waals surface area contributed by atoms with Crippen molar-refractivity contribution >= 4 is 11.6 Å². The number of rotatable bonds is 4. The zero-order valence-electron chi connectivity index (χ0n) is 9.78. The number of nitrogens with one attached hydrogen (secondary N) is 1. The van der Waals surface area contributed by atoms with E-state index in [2.05, 4.69) is 11.9 Å². The molecule has 0 bridgehead atoms. The summed E-state index contributed by atoms with van der Waals surface area (Å²) < 4.78 is 25.6. The van der Waals surface area contributed by atoms with Crippen molar-refractivity contribution in [1.82, 2.24) is 0 Å². The first-order valence-corrected chi connectivity index (χ1v) is 5.19. The summed E-state index contributed by atoms with van der Waals surface area (Å²) in [7, 11) is 0. The Morgan fingerprint density at radius 1 is 1.47 bits per heavy atom. The zero-order chi connectivity index (χ0) is 14.4. The number of nitriles is 1. The first-order chi connectivity index (χ1) is 8.99. The summed E-state index contributed by atoms with van der Waals surface area (Å²) in [5, 5.41) is 20.4. The number of carbonyl (C=O) groups is 1. The second-order valence-electron chi connectivity index (χ2n) is 3.51. The predicted octanol–water partition coefficient (Wildman–Crippen LogP) is 2.82. The number of amides is 1. The molecule has 0 heterocycles. The number of nitrogens with zero attached hydrogens (tertiary/aromatic N) is 1. The molecule has 0 aliphatic carbocycles. The molecule has 6 heteroatoms. The van der Waals surface area contributed by atoms with Gasteiger partial charge < -0.3 is 10.4 Å². The van der Waals surface area contributed by atoms with E-state index in [9.17, 15) is 18.7 Å². The second-order valence-corrected chi connectivity index (χ2v) is 3.51. The number of hydrogen-bond acceptors (Lipinski definition) is 3. The number of carbonyl (C=O) groups excluding carboxylic acids is 1. The second kappa shape index (κ2) is 6.31. The quantitative estimate of drug-likeness (QED) is 0.380. The van der Waals surface area contributed by atoms with Gasteiger partial charge >= 0.3 is 0 Å². The maximum Gasteiger partial charge on any atom is 0.269 e. The van der Waals surface area contributed by atoms with Crippen LogP contribution in [0.25, 0.3) is 0 Å². The van der Waals surface area contributed by atoms with E-state index in [4.69, 9.17) is 5.26 Å². The van der Waals surface area contributed by atoms with Gasteiger partial charge in [0.1, 0.15) is 11.8 Å². The highest BCUT2D eigenvalue weighted by Gasteiger charge is 2.15. The molecule has 2 N–H and O–H groups in total. The number of benzene rings is 1. The first kappa shape index (κ1) is 14.4. The van der Waals surface area contributed by atoms with Crippen LogP contribution < -0.4 is 5.32 Å². The maximum atomic E-state index is 12.9. The average molecular weight is 264 g/mol. The average Bonchev–Trinajstić information content (AvgIpc) is 2.35. The molecule has 98 valence electrons. The van der Waals surface area contributed by atoms with Crippen LogP contribution in [0, 0.1) is 23.0 Å². The van der Waals surface area contributed by atoms with Gasteiger partial charge in [0.25, 0.3) is 5.91 Å². The number of allylic oxidation sites excluding steroid dienone is 1. The third kappa shape index (κ3) is 3.64. The highest BCUT2D eigenvalue weighted by atomic mass is 19.2. The van der Waals surface area contributed by atoms with Gasteiger partial charge in [-0.3, -0.25) is 4.79 Å². The highest BCUT2D eigenvalue weighted by Crippen LogP contribution is 2.15. The molecule has 4 nitrogen and oxygen atoms in total. The number of aliphatic hydroxyl groups excluding tert-OH is 1. The summed E-state index contributed by atoms with van der Waals surface area (Å²) in [6.45, 7) is 3.36. The van der Waals surface area contributed by atoms with Crippen LogP contribution in [0.5, 0.6) is 0 Å². The van der Waals surface area contributed by atoms with E-state index in [1.54, 1.807) is 0 Å². The molecule has 1 aromatic rings. The zero-order valence-corrected chi connectivity index (χ0v) is 9.78. The van der Waals surface area contributed by atoms with Gasteiger partial charge in [0.15, 0.2) is 17.2 Å². The van der Waals surface area contributed by atoms with Crippen molar-refractivity contribution in [2.24, 2.45) is 0 Å². The molecule has 0 atom stereocenters. The molecule has 0 saturated carbocycles. The van der Waals surface area contributed by atoms with Gasteiger partial charge in [0.05, 0.1) is 0 Å². The SMILES string of the molecule is C=CCC(O)=C(C#N)C(=O)Nc1ccc(F)c(F)c1. The van der Waals surface area contributed by atoms with E-state index in [1.165, 1.54) is 12.1 Å². The van der Waals surface area contributed by atoms with Gasteiger partial charge in [-0.2, -0.15) is 5.26 Å². The van der Waals surface area contributed by atoms with Gasteiger partial charge in [-0.05, 0) is 12.1 Å². The van der Waals surface area contributed by atoms with E-state index in [0.29, 0.717) is 0 Å².